The third kappa shape index (κ3) is 12.2. The second kappa shape index (κ2) is 19.5. The van der Waals surface area contributed by atoms with Gasteiger partial charge in [0, 0.05) is 39.2 Å². The number of nitrogens with zero attached hydrogens (tertiary/aromatic N) is 6. The Morgan fingerprint density at radius 3 is 2.06 bits per heavy atom. The predicted molar refractivity (Wildman–Crippen MR) is 171 cm³/mol. The molecule has 15 heteroatoms. The van der Waals surface area contributed by atoms with Crippen molar-refractivity contribution < 1.29 is 43.2 Å². The Balaban J connectivity index is 1.96. The summed E-state index contributed by atoms with van der Waals surface area (Å²) in [5, 5.41) is 13.9. The highest BCUT2D eigenvalue weighted by molar-refractivity contribution is 5.75. The summed E-state index contributed by atoms with van der Waals surface area (Å²) in [6.45, 7) is 1.17. The van der Waals surface area contributed by atoms with Crippen LogP contribution in [-0.4, -0.2) is 113 Å². The predicted octanol–water partition coefficient (Wildman–Crippen LogP) is 1.49. The number of hydrogen-bond donors (Lipinski definition) is 1. The van der Waals surface area contributed by atoms with E-state index in [0.29, 0.717) is 47.0 Å². The molecule has 0 atom stereocenters. The summed E-state index contributed by atoms with van der Waals surface area (Å²) >= 11 is 0. The fraction of sp³-hybridized carbons (Fsp3) is 0.424. The molecule has 0 saturated heterocycles. The zero-order valence-corrected chi connectivity index (χ0v) is 27.5. The quantitative estimate of drug-likeness (QED) is 0.0722. The number of pyridine rings is 2. The van der Waals surface area contributed by atoms with Crippen LogP contribution >= 0.6 is 0 Å². The van der Waals surface area contributed by atoms with Gasteiger partial charge < -0.3 is 24.1 Å². The van der Waals surface area contributed by atoms with Crippen molar-refractivity contribution in [2.24, 2.45) is 0 Å². The topological polar surface area (TPSA) is 176 Å². The molecule has 48 heavy (non-hydrogen) atoms. The Labute approximate surface area is 278 Å². The van der Waals surface area contributed by atoms with Gasteiger partial charge in [-0.1, -0.05) is 24.0 Å². The summed E-state index contributed by atoms with van der Waals surface area (Å²) in [5.41, 5.74) is 2.72. The van der Waals surface area contributed by atoms with Crippen LogP contribution in [0.1, 0.15) is 43.1 Å². The zero-order valence-electron chi connectivity index (χ0n) is 27.5. The number of hydrogen-bond acceptors (Lipinski definition) is 14. The number of ether oxygens (including phenoxy) is 4. The van der Waals surface area contributed by atoms with Gasteiger partial charge in [0.2, 0.25) is 0 Å². The molecule has 3 rings (SSSR count). The van der Waals surface area contributed by atoms with Crippen LogP contribution in [0.2, 0.25) is 0 Å². The van der Waals surface area contributed by atoms with Gasteiger partial charge >= 0.3 is 23.9 Å². The molecule has 3 aromatic heterocycles. The minimum absolute atomic E-state index is 0.0880. The second-order valence-electron chi connectivity index (χ2n) is 10.4. The number of aliphatic hydroxyl groups is 1. The average molecular weight is 665 g/mol. The molecule has 0 bridgehead atoms. The summed E-state index contributed by atoms with van der Waals surface area (Å²) in [5.74, 6) is 4.75. The van der Waals surface area contributed by atoms with Crippen molar-refractivity contribution in [3.63, 3.8) is 0 Å². The minimum atomic E-state index is -0.511. The maximum absolute atomic E-state index is 12.0. The van der Waals surface area contributed by atoms with Crippen LogP contribution in [0.4, 0.5) is 0 Å². The maximum Gasteiger partial charge on any atom is 0.319 e. The van der Waals surface area contributed by atoms with Crippen LogP contribution in [0.15, 0.2) is 42.6 Å². The Hall–Kier alpha value is -5.17. The van der Waals surface area contributed by atoms with Gasteiger partial charge in [-0.15, -0.1) is 0 Å². The van der Waals surface area contributed by atoms with Gasteiger partial charge in [0.25, 0.3) is 0 Å². The number of aliphatic hydroxyl groups excluding tert-OH is 1. The largest absolute Gasteiger partial charge is 0.468 e. The molecular weight excluding hydrogens is 624 g/mol. The van der Waals surface area contributed by atoms with Gasteiger partial charge in [0.15, 0.2) is 5.82 Å². The third-order valence-corrected chi connectivity index (χ3v) is 6.69. The molecule has 0 aliphatic carbocycles. The first-order valence-electron chi connectivity index (χ1n) is 15.1. The minimum Gasteiger partial charge on any atom is -0.468 e. The highest BCUT2D eigenvalue weighted by Crippen LogP contribution is 2.22. The van der Waals surface area contributed by atoms with Gasteiger partial charge in [0.1, 0.15) is 12.4 Å². The van der Waals surface area contributed by atoms with Crippen molar-refractivity contribution in [3.8, 4) is 29.0 Å². The van der Waals surface area contributed by atoms with Gasteiger partial charge in [-0.2, -0.15) is 5.10 Å². The first kappa shape index (κ1) is 37.3. The third-order valence-electron chi connectivity index (χ3n) is 6.69. The molecule has 0 aliphatic heterocycles. The Morgan fingerprint density at radius 2 is 1.44 bits per heavy atom. The Bertz CT molecular complexity index is 1600. The van der Waals surface area contributed by atoms with E-state index in [0.717, 1.165) is 6.42 Å². The van der Waals surface area contributed by atoms with E-state index in [1.54, 1.807) is 57.1 Å². The van der Waals surface area contributed by atoms with E-state index in [2.05, 4.69) is 11.8 Å². The lowest BCUT2D eigenvalue weighted by atomic mass is 10.1. The molecule has 3 aromatic rings. The average Bonchev–Trinajstić information content (AvgIpc) is 3.51. The summed E-state index contributed by atoms with van der Waals surface area (Å²) in [6, 6.07) is 10.7. The van der Waals surface area contributed by atoms with E-state index in [1.165, 1.54) is 28.3 Å². The lowest BCUT2D eigenvalue weighted by molar-refractivity contribution is -0.151. The molecular formula is C33H40N6O9. The smallest absolute Gasteiger partial charge is 0.319 e. The van der Waals surface area contributed by atoms with E-state index in [-0.39, 0.29) is 46.1 Å². The molecule has 0 radical (unpaired) electrons. The van der Waals surface area contributed by atoms with Gasteiger partial charge in [0.05, 0.1) is 63.6 Å². The molecule has 15 nitrogen and oxygen atoms in total. The SMILES string of the molecule is COC(=O)CN(COC(C)=O)Cc1cccc(-c2nn(-c3cccc(CN(CC(=O)OC)CC(=O)OC)n3)cc2C#CCCCCO)n1. The van der Waals surface area contributed by atoms with Crippen molar-refractivity contribution in [2.45, 2.75) is 39.3 Å². The molecule has 0 fully saturated rings. The highest BCUT2D eigenvalue weighted by Gasteiger charge is 2.19. The summed E-state index contributed by atoms with van der Waals surface area (Å²) in [6.07, 6.45) is 3.68. The molecule has 0 aliphatic rings. The number of rotatable bonds is 17. The van der Waals surface area contributed by atoms with Gasteiger partial charge in [-0.05, 0) is 37.1 Å². The van der Waals surface area contributed by atoms with Crippen molar-refractivity contribution in [3.05, 3.63) is 59.5 Å². The number of unbranched alkanes of at least 4 members (excludes halogenated alkanes) is 2. The van der Waals surface area contributed by atoms with Crippen molar-refractivity contribution >= 4 is 23.9 Å². The van der Waals surface area contributed by atoms with Gasteiger partial charge in [-0.25, -0.2) is 14.6 Å². The number of aromatic nitrogens is 4. The van der Waals surface area contributed by atoms with Gasteiger partial charge in [-0.3, -0.25) is 29.0 Å². The normalized spacial score (nSPS) is 10.7. The number of methoxy groups -OCH3 is 3. The molecule has 0 amide bonds. The maximum atomic E-state index is 12.0. The van der Waals surface area contributed by atoms with Crippen LogP contribution in [0, 0.1) is 11.8 Å². The first-order valence-corrected chi connectivity index (χ1v) is 15.1. The van der Waals surface area contributed by atoms with Crippen molar-refractivity contribution in [2.75, 3.05) is 54.3 Å². The Morgan fingerprint density at radius 1 is 0.833 bits per heavy atom. The van der Waals surface area contributed by atoms with Crippen LogP contribution in [-0.2, 0) is 51.2 Å². The monoisotopic (exact) mass is 664 g/mol. The fourth-order valence-electron chi connectivity index (χ4n) is 4.33. The lowest BCUT2D eigenvalue weighted by Crippen LogP contribution is -2.35. The Kier molecular flexibility index (Phi) is 15.1. The highest BCUT2D eigenvalue weighted by atomic mass is 16.5. The van der Waals surface area contributed by atoms with E-state index in [1.807, 2.05) is 0 Å². The number of carbonyl (C=O) groups excluding carboxylic acids is 4. The lowest BCUT2D eigenvalue weighted by Gasteiger charge is -2.20. The molecule has 1 N–H and O–H groups in total. The fourth-order valence-corrected chi connectivity index (χ4v) is 4.33. The van der Waals surface area contributed by atoms with E-state index in [9.17, 15) is 19.2 Å². The second-order valence-corrected chi connectivity index (χ2v) is 10.4. The van der Waals surface area contributed by atoms with E-state index < -0.39 is 23.9 Å². The molecule has 0 unspecified atom stereocenters. The summed E-state index contributed by atoms with van der Waals surface area (Å²) in [4.78, 5) is 60.0. The van der Waals surface area contributed by atoms with E-state index >= 15 is 0 Å². The molecule has 0 aromatic carbocycles. The standard InChI is InChI=1S/C33H40N6O9/c1-24(41)48-23-38(22-32(44)47-4)19-26-12-9-14-28(34-26)33-25(11-7-5-6-8-16-40)17-39(36-33)29-15-10-13-27(35-29)18-37(20-30(42)45-2)21-31(43)46-3/h9-10,12-15,17,40H,5-6,8,16,18-23H2,1-4H3. The van der Waals surface area contributed by atoms with Crippen LogP contribution in [0.5, 0.6) is 0 Å². The zero-order chi connectivity index (χ0) is 34.9. The van der Waals surface area contributed by atoms with Crippen LogP contribution in [0.3, 0.4) is 0 Å². The molecule has 0 spiro atoms. The van der Waals surface area contributed by atoms with Crippen molar-refractivity contribution in [1.82, 2.24) is 29.5 Å². The summed E-state index contributed by atoms with van der Waals surface area (Å²) in [7, 11) is 3.82. The number of carbonyl (C=O) groups is 4. The first-order chi connectivity index (χ1) is 23.1. The number of esters is 4. The van der Waals surface area contributed by atoms with E-state index in [4.69, 9.17) is 39.1 Å². The molecule has 3 heterocycles. The van der Waals surface area contributed by atoms with Crippen LogP contribution < -0.4 is 0 Å². The van der Waals surface area contributed by atoms with Crippen molar-refractivity contribution in [1.29, 1.82) is 0 Å². The molecule has 256 valence electrons. The van der Waals surface area contributed by atoms with Crippen LogP contribution in [0.25, 0.3) is 17.2 Å². The summed E-state index contributed by atoms with van der Waals surface area (Å²) < 4.78 is 21.0. The molecule has 0 saturated carbocycles.